The average molecular weight is 204 g/mol. The molecule has 0 spiro atoms. The van der Waals surface area contributed by atoms with E-state index in [1.54, 1.807) is 0 Å². The summed E-state index contributed by atoms with van der Waals surface area (Å²) >= 11 is 0. The fourth-order valence-corrected chi connectivity index (χ4v) is 1.46. The Hall–Kier alpha value is -1.88. The molecule has 78 valence electrons. The topological polar surface area (TPSA) is 69.0 Å². The van der Waals surface area contributed by atoms with Gasteiger partial charge in [-0.05, 0) is 24.6 Å². The monoisotopic (exact) mass is 204 g/mol. The van der Waals surface area contributed by atoms with Crippen molar-refractivity contribution >= 4 is 12.2 Å². The number of hydrazone groups is 2. The van der Waals surface area contributed by atoms with Gasteiger partial charge in [-0.3, -0.25) is 10.9 Å². The number of rotatable bonds is 2. The summed E-state index contributed by atoms with van der Waals surface area (Å²) in [7, 11) is 0. The van der Waals surface area contributed by atoms with Gasteiger partial charge < -0.3 is 5.11 Å². The van der Waals surface area contributed by atoms with Crippen molar-refractivity contribution in [3.05, 3.63) is 34.9 Å². The first-order chi connectivity index (χ1) is 7.29. The molecule has 0 atom stereocenters. The van der Waals surface area contributed by atoms with E-state index in [2.05, 4.69) is 21.1 Å². The summed E-state index contributed by atoms with van der Waals surface area (Å²) < 4.78 is 0. The average Bonchev–Trinajstić information content (AvgIpc) is 2.29. The van der Waals surface area contributed by atoms with E-state index in [1.165, 1.54) is 6.34 Å². The lowest BCUT2D eigenvalue weighted by Crippen LogP contribution is -2.28. The zero-order valence-corrected chi connectivity index (χ0v) is 8.36. The van der Waals surface area contributed by atoms with Crippen molar-refractivity contribution in [3.8, 4) is 0 Å². The van der Waals surface area contributed by atoms with E-state index in [4.69, 9.17) is 5.11 Å². The molecule has 0 aliphatic carbocycles. The van der Waals surface area contributed by atoms with Gasteiger partial charge in [0.2, 0.25) is 0 Å². The highest BCUT2D eigenvalue weighted by molar-refractivity contribution is 6.00. The number of amidine groups is 1. The third-order valence-electron chi connectivity index (χ3n) is 2.06. The highest BCUT2D eigenvalue weighted by Crippen LogP contribution is 2.10. The summed E-state index contributed by atoms with van der Waals surface area (Å²) in [5.74, 6) is 0.649. The zero-order valence-electron chi connectivity index (χ0n) is 8.36. The standard InChI is InChI=1S/C10H12N4O/c1-7-2-8(5-15)4-9(3-7)10-13-11-6-12-14-10/h2-4,6,15H,5H2,1H3,(H,11,12)(H,13,14). The molecule has 3 N–H and O–H groups in total. The number of aryl methyl sites for hydroxylation is 1. The number of aliphatic hydroxyl groups excluding tert-OH is 1. The summed E-state index contributed by atoms with van der Waals surface area (Å²) in [5.41, 5.74) is 8.30. The van der Waals surface area contributed by atoms with Crippen LogP contribution in [-0.4, -0.2) is 17.3 Å². The molecule has 1 heterocycles. The minimum atomic E-state index is 0.0264. The van der Waals surface area contributed by atoms with Crippen LogP contribution >= 0.6 is 0 Å². The van der Waals surface area contributed by atoms with E-state index in [0.717, 1.165) is 16.7 Å². The van der Waals surface area contributed by atoms with Crippen molar-refractivity contribution in [2.75, 3.05) is 0 Å². The summed E-state index contributed by atoms with van der Waals surface area (Å²) in [4.78, 5) is 0. The normalized spacial score (nSPS) is 14.1. The first-order valence-corrected chi connectivity index (χ1v) is 4.62. The van der Waals surface area contributed by atoms with Crippen molar-refractivity contribution in [2.45, 2.75) is 13.5 Å². The van der Waals surface area contributed by atoms with Crippen LogP contribution in [0, 0.1) is 6.92 Å². The smallest absolute Gasteiger partial charge is 0.173 e. The third-order valence-corrected chi connectivity index (χ3v) is 2.06. The first-order valence-electron chi connectivity index (χ1n) is 4.62. The van der Waals surface area contributed by atoms with Crippen molar-refractivity contribution in [1.29, 1.82) is 0 Å². The Morgan fingerprint density at radius 3 is 2.87 bits per heavy atom. The second kappa shape index (κ2) is 4.10. The van der Waals surface area contributed by atoms with Crippen LogP contribution < -0.4 is 10.9 Å². The quantitative estimate of drug-likeness (QED) is 0.648. The number of nitrogens with zero attached hydrogens (tertiary/aromatic N) is 2. The van der Waals surface area contributed by atoms with Crippen molar-refractivity contribution in [2.24, 2.45) is 10.2 Å². The Bertz CT molecular complexity index is 425. The molecule has 0 saturated heterocycles. The molecule has 0 bridgehead atoms. The van der Waals surface area contributed by atoms with Crippen molar-refractivity contribution in [1.82, 2.24) is 10.9 Å². The minimum absolute atomic E-state index is 0.0264. The molecule has 0 saturated carbocycles. The molecule has 0 amide bonds. The lowest BCUT2D eigenvalue weighted by Gasteiger charge is -2.11. The van der Waals surface area contributed by atoms with Gasteiger partial charge in [0, 0.05) is 5.56 Å². The van der Waals surface area contributed by atoms with Crippen LogP contribution in [0.5, 0.6) is 0 Å². The Morgan fingerprint density at radius 2 is 2.20 bits per heavy atom. The second-order valence-corrected chi connectivity index (χ2v) is 3.32. The van der Waals surface area contributed by atoms with Crippen LogP contribution in [-0.2, 0) is 6.61 Å². The van der Waals surface area contributed by atoms with Gasteiger partial charge in [-0.1, -0.05) is 11.6 Å². The fraction of sp³-hybridized carbons (Fsp3) is 0.200. The predicted molar refractivity (Wildman–Crippen MR) is 58.4 cm³/mol. The molecule has 1 aromatic rings. The molecule has 5 nitrogen and oxygen atoms in total. The number of hydrogen-bond donors (Lipinski definition) is 3. The zero-order chi connectivity index (χ0) is 10.7. The van der Waals surface area contributed by atoms with Gasteiger partial charge in [0.05, 0.1) is 6.61 Å². The third kappa shape index (κ3) is 2.13. The first kappa shape index (κ1) is 9.67. The summed E-state index contributed by atoms with van der Waals surface area (Å²) in [6.45, 7) is 2.00. The van der Waals surface area contributed by atoms with Crippen LogP contribution in [0.1, 0.15) is 16.7 Å². The van der Waals surface area contributed by atoms with E-state index in [-0.39, 0.29) is 6.61 Å². The molecule has 15 heavy (non-hydrogen) atoms. The number of benzene rings is 1. The molecular weight excluding hydrogens is 192 g/mol. The van der Waals surface area contributed by atoms with Gasteiger partial charge >= 0.3 is 0 Å². The molecule has 2 rings (SSSR count). The van der Waals surface area contributed by atoms with Gasteiger partial charge in [0.15, 0.2) is 5.84 Å². The SMILES string of the molecule is Cc1cc(CO)cc(C2=NNC=NN2)c1. The van der Waals surface area contributed by atoms with Crippen LogP contribution in [0.15, 0.2) is 28.4 Å². The van der Waals surface area contributed by atoms with Crippen molar-refractivity contribution < 1.29 is 5.11 Å². The molecule has 0 fully saturated rings. The van der Waals surface area contributed by atoms with E-state index in [0.29, 0.717) is 5.84 Å². The van der Waals surface area contributed by atoms with E-state index in [9.17, 15) is 0 Å². The molecule has 0 unspecified atom stereocenters. The lowest BCUT2D eigenvalue weighted by molar-refractivity contribution is 0.281. The van der Waals surface area contributed by atoms with Crippen molar-refractivity contribution in [3.63, 3.8) is 0 Å². The summed E-state index contributed by atoms with van der Waals surface area (Å²) in [5, 5.41) is 17.0. The maximum absolute atomic E-state index is 9.08. The van der Waals surface area contributed by atoms with Gasteiger partial charge in [-0.25, -0.2) is 0 Å². The highest BCUT2D eigenvalue weighted by Gasteiger charge is 2.06. The minimum Gasteiger partial charge on any atom is -0.392 e. The Morgan fingerprint density at radius 1 is 1.33 bits per heavy atom. The second-order valence-electron chi connectivity index (χ2n) is 3.32. The molecule has 1 aromatic carbocycles. The Balaban J connectivity index is 2.35. The van der Waals surface area contributed by atoms with Crippen LogP contribution in [0.4, 0.5) is 0 Å². The van der Waals surface area contributed by atoms with Gasteiger partial charge in [-0.2, -0.15) is 10.2 Å². The number of nitrogens with one attached hydrogen (secondary N) is 2. The predicted octanol–water partition coefficient (Wildman–Crippen LogP) is 0.285. The number of hydrogen-bond acceptors (Lipinski definition) is 5. The molecule has 0 radical (unpaired) electrons. The van der Waals surface area contributed by atoms with E-state index < -0.39 is 0 Å². The molecule has 5 heteroatoms. The van der Waals surface area contributed by atoms with Crippen LogP contribution in [0.2, 0.25) is 0 Å². The summed E-state index contributed by atoms with van der Waals surface area (Å²) in [6, 6.07) is 5.79. The van der Waals surface area contributed by atoms with Crippen LogP contribution in [0.3, 0.4) is 0 Å². The molecular formula is C10H12N4O. The van der Waals surface area contributed by atoms with Gasteiger partial charge in [0.1, 0.15) is 6.34 Å². The van der Waals surface area contributed by atoms with Gasteiger partial charge in [0.25, 0.3) is 0 Å². The van der Waals surface area contributed by atoms with Crippen LogP contribution in [0.25, 0.3) is 0 Å². The Labute approximate surface area is 87.5 Å². The maximum Gasteiger partial charge on any atom is 0.173 e. The van der Waals surface area contributed by atoms with E-state index >= 15 is 0 Å². The molecule has 1 aliphatic rings. The van der Waals surface area contributed by atoms with E-state index in [1.807, 2.05) is 25.1 Å². The molecule has 0 aromatic heterocycles. The van der Waals surface area contributed by atoms with Gasteiger partial charge in [-0.15, -0.1) is 0 Å². The lowest BCUT2D eigenvalue weighted by atomic mass is 10.1. The Kier molecular flexibility index (Phi) is 2.64. The largest absolute Gasteiger partial charge is 0.392 e. The summed E-state index contributed by atoms with van der Waals surface area (Å²) in [6.07, 6.45) is 1.46. The fourth-order valence-electron chi connectivity index (χ4n) is 1.46. The molecule has 1 aliphatic heterocycles. The number of aliphatic hydroxyl groups is 1. The maximum atomic E-state index is 9.08. The highest BCUT2D eigenvalue weighted by atomic mass is 16.3.